The van der Waals surface area contributed by atoms with Crippen molar-refractivity contribution in [2.45, 2.75) is 19.8 Å². The third-order valence-corrected chi connectivity index (χ3v) is 2.57. The van der Waals surface area contributed by atoms with E-state index >= 15 is 0 Å². The Morgan fingerprint density at radius 2 is 2.07 bits per heavy atom. The maximum absolute atomic E-state index is 11.1. The Kier molecular flexibility index (Phi) is 8.87. The van der Waals surface area contributed by atoms with Crippen LogP contribution in [0.1, 0.15) is 19.8 Å². The van der Waals surface area contributed by atoms with Crippen molar-refractivity contribution < 1.29 is 9.00 Å². The van der Waals surface area contributed by atoms with Crippen LogP contribution in [0.3, 0.4) is 0 Å². The zero-order valence-electron chi connectivity index (χ0n) is 8.97. The van der Waals surface area contributed by atoms with Crippen LogP contribution in [0.2, 0.25) is 0 Å². The first-order valence-corrected chi connectivity index (χ1v) is 6.67. The lowest BCUT2D eigenvalue weighted by Crippen LogP contribution is -2.28. The highest BCUT2D eigenvalue weighted by molar-refractivity contribution is 7.84. The van der Waals surface area contributed by atoms with Crippen LogP contribution in [0, 0.1) is 0 Å². The minimum atomic E-state index is -0.751. The van der Waals surface area contributed by atoms with Gasteiger partial charge in [-0.3, -0.25) is 9.00 Å². The van der Waals surface area contributed by atoms with Crippen molar-refractivity contribution in [2.24, 2.45) is 0 Å². The molecule has 0 rings (SSSR count). The van der Waals surface area contributed by atoms with Crippen LogP contribution in [0.5, 0.6) is 0 Å². The van der Waals surface area contributed by atoms with Gasteiger partial charge in [-0.1, -0.05) is 6.92 Å². The fourth-order valence-electron chi connectivity index (χ4n) is 0.970. The molecule has 14 heavy (non-hydrogen) atoms. The van der Waals surface area contributed by atoms with Gasteiger partial charge in [0.05, 0.1) is 0 Å². The lowest BCUT2D eigenvalue weighted by Gasteiger charge is -2.04. The van der Waals surface area contributed by atoms with E-state index in [4.69, 9.17) is 0 Å². The first kappa shape index (κ1) is 13.6. The summed E-state index contributed by atoms with van der Waals surface area (Å²) in [4.78, 5) is 11.1. The van der Waals surface area contributed by atoms with Crippen LogP contribution in [0.15, 0.2) is 0 Å². The summed E-state index contributed by atoms with van der Waals surface area (Å²) < 4.78 is 10.7. The highest BCUT2D eigenvalue weighted by Gasteiger charge is 1.99. The largest absolute Gasteiger partial charge is 0.356 e. The molecule has 0 heterocycles. The van der Waals surface area contributed by atoms with E-state index in [2.05, 4.69) is 10.6 Å². The topological polar surface area (TPSA) is 58.2 Å². The molecule has 0 fully saturated rings. The number of rotatable bonds is 8. The lowest BCUT2D eigenvalue weighted by molar-refractivity contribution is -0.120. The first-order chi connectivity index (χ1) is 6.66. The molecule has 1 amide bonds. The molecule has 0 radical (unpaired) electrons. The van der Waals surface area contributed by atoms with Gasteiger partial charge in [0.25, 0.3) is 0 Å². The molecule has 0 saturated carbocycles. The summed E-state index contributed by atoms with van der Waals surface area (Å²) in [6.07, 6.45) is 2.98. The van der Waals surface area contributed by atoms with E-state index < -0.39 is 10.8 Å². The smallest absolute Gasteiger partial charge is 0.221 e. The Morgan fingerprint density at radius 1 is 1.36 bits per heavy atom. The molecule has 0 aromatic heterocycles. The SMILES string of the molecule is CCNCCC(=O)NCCCS(C)=O. The zero-order chi connectivity index (χ0) is 10.8. The van der Waals surface area contributed by atoms with Crippen molar-refractivity contribution in [1.29, 1.82) is 0 Å². The minimum Gasteiger partial charge on any atom is -0.356 e. The molecule has 1 unspecified atom stereocenters. The number of carbonyl (C=O) groups excluding carboxylic acids is 1. The molecule has 0 spiro atoms. The van der Waals surface area contributed by atoms with Crippen LogP contribution in [-0.4, -0.2) is 41.8 Å². The number of amides is 1. The van der Waals surface area contributed by atoms with Gasteiger partial charge in [-0.05, 0) is 13.0 Å². The summed E-state index contributed by atoms with van der Waals surface area (Å²) in [6.45, 7) is 4.25. The molecule has 0 saturated heterocycles. The molecule has 0 aromatic carbocycles. The van der Waals surface area contributed by atoms with Gasteiger partial charge in [-0.15, -0.1) is 0 Å². The van der Waals surface area contributed by atoms with E-state index in [0.717, 1.165) is 19.5 Å². The molecule has 1 atom stereocenters. The van der Waals surface area contributed by atoms with Crippen molar-refractivity contribution in [3.63, 3.8) is 0 Å². The standard InChI is InChI=1S/C9H20N2O2S/c1-3-10-7-5-9(12)11-6-4-8-14(2)13/h10H,3-8H2,1-2H3,(H,11,12). The van der Waals surface area contributed by atoms with E-state index in [1.807, 2.05) is 6.92 Å². The molecule has 0 aliphatic rings. The molecule has 2 N–H and O–H groups in total. The summed E-state index contributed by atoms with van der Waals surface area (Å²) in [6, 6.07) is 0. The Morgan fingerprint density at radius 3 is 2.64 bits per heavy atom. The van der Waals surface area contributed by atoms with Gasteiger partial charge in [-0.2, -0.15) is 0 Å². The number of nitrogens with one attached hydrogen (secondary N) is 2. The summed E-state index contributed by atoms with van der Waals surface area (Å²) in [5.41, 5.74) is 0. The van der Waals surface area contributed by atoms with Gasteiger partial charge in [-0.25, -0.2) is 0 Å². The van der Waals surface area contributed by atoms with Crippen LogP contribution in [0.4, 0.5) is 0 Å². The third kappa shape index (κ3) is 9.67. The van der Waals surface area contributed by atoms with Crippen molar-refractivity contribution in [3.8, 4) is 0 Å². The van der Waals surface area contributed by atoms with Gasteiger partial charge >= 0.3 is 0 Å². The van der Waals surface area contributed by atoms with Gasteiger partial charge in [0.15, 0.2) is 0 Å². The third-order valence-electron chi connectivity index (χ3n) is 1.71. The summed E-state index contributed by atoms with van der Waals surface area (Å²) in [5, 5.41) is 5.86. The maximum atomic E-state index is 11.1. The van der Waals surface area contributed by atoms with E-state index in [0.29, 0.717) is 18.7 Å². The Labute approximate surface area is 88.3 Å². The second-order valence-electron chi connectivity index (χ2n) is 3.08. The predicted molar refractivity (Wildman–Crippen MR) is 59.7 cm³/mol. The second-order valence-corrected chi connectivity index (χ2v) is 4.64. The van der Waals surface area contributed by atoms with Crippen molar-refractivity contribution in [3.05, 3.63) is 0 Å². The number of hydrogen-bond donors (Lipinski definition) is 2. The molecule has 5 heteroatoms. The van der Waals surface area contributed by atoms with Gasteiger partial charge in [0.1, 0.15) is 0 Å². The van der Waals surface area contributed by atoms with Gasteiger partial charge < -0.3 is 10.6 Å². The van der Waals surface area contributed by atoms with Crippen molar-refractivity contribution >= 4 is 16.7 Å². The minimum absolute atomic E-state index is 0.0628. The Hall–Kier alpha value is -0.420. The summed E-state index contributed by atoms with van der Waals surface area (Å²) in [7, 11) is -0.751. The first-order valence-electron chi connectivity index (χ1n) is 4.94. The average Bonchev–Trinajstić information content (AvgIpc) is 2.13. The monoisotopic (exact) mass is 220 g/mol. The van der Waals surface area contributed by atoms with Crippen LogP contribution >= 0.6 is 0 Å². The summed E-state index contributed by atoms with van der Waals surface area (Å²) in [5.74, 6) is 0.723. The normalized spacial score (nSPS) is 12.4. The van der Waals surface area contributed by atoms with Crippen molar-refractivity contribution in [2.75, 3.05) is 31.6 Å². The van der Waals surface area contributed by atoms with Gasteiger partial charge in [0, 0.05) is 42.3 Å². The Bertz CT molecular complexity index is 186. The number of carbonyl (C=O) groups is 1. The highest BCUT2D eigenvalue weighted by Crippen LogP contribution is 1.83. The van der Waals surface area contributed by atoms with E-state index in [-0.39, 0.29) is 5.91 Å². The molecular formula is C9H20N2O2S. The summed E-state index contributed by atoms with van der Waals surface area (Å²) >= 11 is 0. The van der Waals surface area contributed by atoms with Crippen LogP contribution in [0.25, 0.3) is 0 Å². The Balaban J connectivity index is 3.22. The quantitative estimate of drug-likeness (QED) is 0.560. The second kappa shape index (κ2) is 9.15. The van der Waals surface area contributed by atoms with Gasteiger partial charge in [0.2, 0.25) is 5.91 Å². The fraction of sp³-hybridized carbons (Fsp3) is 0.889. The number of hydrogen-bond acceptors (Lipinski definition) is 3. The van der Waals surface area contributed by atoms with Crippen LogP contribution in [-0.2, 0) is 15.6 Å². The molecule has 0 bridgehead atoms. The van der Waals surface area contributed by atoms with E-state index in [1.54, 1.807) is 6.26 Å². The van der Waals surface area contributed by atoms with Crippen LogP contribution < -0.4 is 10.6 Å². The maximum Gasteiger partial charge on any atom is 0.221 e. The fourth-order valence-corrected chi connectivity index (χ4v) is 1.52. The zero-order valence-corrected chi connectivity index (χ0v) is 9.78. The van der Waals surface area contributed by atoms with Crippen molar-refractivity contribution in [1.82, 2.24) is 10.6 Å². The molecule has 0 aliphatic heterocycles. The molecule has 0 aliphatic carbocycles. The van der Waals surface area contributed by atoms with E-state index in [1.165, 1.54) is 0 Å². The molecule has 4 nitrogen and oxygen atoms in total. The highest BCUT2D eigenvalue weighted by atomic mass is 32.2. The average molecular weight is 220 g/mol. The lowest BCUT2D eigenvalue weighted by atomic mass is 10.4. The predicted octanol–water partition coefficient (Wildman–Crippen LogP) is -0.129. The molecular weight excluding hydrogens is 200 g/mol. The molecule has 84 valence electrons. The van der Waals surface area contributed by atoms with E-state index in [9.17, 15) is 9.00 Å². The molecule has 0 aromatic rings.